The van der Waals surface area contributed by atoms with Crippen LogP contribution in [0, 0.1) is 0 Å². The molecule has 0 saturated heterocycles. The van der Waals surface area contributed by atoms with E-state index in [1.54, 1.807) is 0 Å². The van der Waals surface area contributed by atoms with Crippen LogP contribution in [0.15, 0.2) is 60.7 Å². The van der Waals surface area contributed by atoms with Crippen molar-refractivity contribution in [1.82, 2.24) is 9.97 Å². The van der Waals surface area contributed by atoms with Crippen molar-refractivity contribution < 1.29 is 0 Å². The summed E-state index contributed by atoms with van der Waals surface area (Å²) in [5.74, 6) is 1.46. The molecule has 1 heterocycles. The zero-order valence-corrected chi connectivity index (χ0v) is 17.5. The zero-order valence-electron chi connectivity index (χ0n) is 16.0. The Bertz CT molecular complexity index is 1100. The van der Waals surface area contributed by atoms with Gasteiger partial charge in [0.2, 0.25) is 0 Å². The van der Waals surface area contributed by atoms with Gasteiger partial charge in [-0.1, -0.05) is 91.6 Å². The molecule has 2 nitrogen and oxygen atoms in total. The van der Waals surface area contributed by atoms with Crippen molar-refractivity contribution >= 4 is 34.2 Å². The standard InChI is InChI=1S/C24H22Cl2N2/c1-3-15(2)17-11-9-16(10-12-17)13-21-27-20-14-19(25)22(23(26)24(20)28-21)18-7-5-4-6-8-18/h4-12,14-15H,3,13H2,1-2H3,(H,27,28). The van der Waals surface area contributed by atoms with Crippen LogP contribution in [0.1, 0.15) is 43.1 Å². The lowest BCUT2D eigenvalue weighted by molar-refractivity contribution is 0.733. The second-order valence-electron chi connectivity index (χ2n) is 7.22. The van der Waals surface area contributed by atoms with Gasteiger partial charge in [0, 0.05) is 12.0 Å². The van der Waals surface area contributed by atoms with Gasteiger partial charge in [0.1, 0.15) is 11.3 Å². The number of rotatable bonds is 5. The highest BCUT2D eigenvalue weighted by atomic mass is 35.5. The van der Waals surface area contributed by atoms with Crippen molar-refractivity contribution in [1.29, 1.82) is 0 Å². The van der Waals surface area contributed by atoms with Crippen molar-refractivity contribution in [2.45, 2.75) is 32.6 Å². The van der Waals surface area contributed by atoms with Crippen LogP contribution in [-0.2, 0) is 6.42 Å². The number of H-pyrrole nitrogens is 1. The summed E-state index contributed by atoms with van der Waals surface area (Å²) >= 11 is 13.2. The lowest BCUT2D eigenvalue weighted by Gasteiger charge is -2.09. The minimum atomic E-state index is 0.581. The number of aromatic nitrogens is 2. The van der Waals surface area contributed by atoms with E-state index in [9.17, 15) is 0 Å². The minimum Gasteiger partial charge on any atom is -0.342 e. The van der Waals surface area contributed by atoms with E-state index in [-0.39, 0.29) is 0 Å². The Morgan fingerprint density at radius 3 is 2.39 bits per heavy atom. The van der Waals surface area contributed by atoms with Crippen LogP contribution >= 0.6 is 23.2 Å². The zero-order chi connectivity index (χ0) is 19.7. The fourth-order valence-corrected chi connectivity index (χ4v) is 4.19. The molecule has 142 valence electrons. The van der Waals surface area contributed by atoms with E-state index in [1.807, 2.05) is 36.4 Å². The van der Waals surface area contributed by atoms with Crippen molar-refractivity contribution in [3.63, 3.8) is 0 Å². The number of imidazole rings is 1. The highest BCUT2D eigenvalue weighted by Crippen LogP contribution is 2.39. The van der Waals surface area contributed by atoms with E-state index in [0.717, 1.165) is 40.8 Å². The number of fused-ring (bicyclic) bond motifs is 1. The number of hydrogen-bond donors (Lipinski definition) is 1. The van der Waals surface area contributed by atoms with Gasteiger partial charge in [0.15, 0.2) is 0 Å². The Balaban J connectivity index is 1.68. The first-order valence-electron chi connectivity index (χ1n) is 9.57. The third kappa shape index (κ3) is 3.67. The van der Waals surface area contributed by atoms with Crippen molar-refractivity contribution in [3.05, 3.63) is 87.7 Å². The summed E-state index contributed by atoms with van der Waals surface area (Å²) in [6, 6.07) is 20.6. The third-order valence-electron chi connectivity index (χ3n) is 5.31. The first-order chi connectivity index (χ1) is 13.6. The maximum Gasteiger partial charge on any atom is 0.111 e. The smallest absolute Gasteiger partial charge is 0.111 e. The van der Waals surface area contributed by atoms with E-state index in [0.29, 0.717) is 16.0 Å². The van der Waals surface area contributed by atoms with E-state index in [2.05, 4.69) is 43.1 Å². The number of nitrogens with one attached hydrogen (secondary N) is 1. The van der Waals surface area contributed by atoms with Gasteiger partial charge >= 0.3 is 0 Å². The summed E-state index contributed by atoms with van der Waals surface area (Å²) in [7, 11) is 0. The molecule has 0 aliphatic heterocycles. The van der Waals surface area contributed by atoms with Crippen LogP contribution in [-0.4, -0.2) is 9.97 Å². The predicted molar refractivity (Wildman–Crippen MR) is 120 cm³/mol. The Labute approximate surface area is 175 Å². The van der Waals surface area contributed by atoms with E-state index >= 15 is 0 Å². The van der Waals surface area contributed by atoms with Crippen LogP contribution in [0.25, 0.3) is 22.2 Å². The quantitative estimate of drug-likeness (QED) is 0.360. The lowest BCUT2D eigenvalue weighted by Crippen LogP contribution is -1.94. The highest BCUT2D eigenvalue weighted by molar-refractivity contribution is 6.42. The van der Waals surface area contributed by atoms with Gasteiger partial charge in [0.05, 0.1) is 15.6 Å². The lowest BCUT2D eigenvalue weighted by atomic mass is 9.97. The second kappa shape index (κ2) is 7.98. The molecule has 0 bridgehead atoms. The largest absolute Gasteiger partial charge is 0.342 e. The normalized spacial score (nSPS) is 12.4. The third-order valence-corrected chi connectivity index (χ3v) is 5.98. The number of nitrogens with zero attached hydrogens (tertiary/aromatic N) is 1. The average Bonchev–Trinajstić information content (AvgIpc) is 3.11. The first kappa shape index (κ1) is 19.0. The van der Waals surface area contributed by atoms with E-state index in [4.69, 9.17) is 28.2 Å². The van der Waals surface area contributed by atoms with Crippen LogP contribution in [0.2, 0.25) is 10.0 Å². The highest BCUT2D eigenvalue weighted by Gasteiger charge is 2.16. The molecule has 0 radical (unpaired) electrons. The van der Waals surface area contributed by atoms with Gasteiger partial charge in [0.25, 0.3) is 0 Å². The summed E-state index contributed by atoms with van der Waals surface area (Å²) < 4.78 is 0. The van der Waals surface area contributed by atoms with Gasteiger partial charge in [-0.15, -0.1) is 0 Å². The maximum absolute atomic E-state index is 6.70. The molecule has 0 aliphatic carbocycles. The molecular formula is C24H22Cl2N2. The second-order valence-corrected chi connectivity index (χ2v) is 8.01. The Morgan fingerprint density at radius 1 is 1.00 bits per heavy atom. The summed E-state index contributed by atoms with van der Waals surface area (Å²) in [6.45, 7) is 4.47. The molecular weight excluding hydrogens is 387 g/mol. The van der Waals surface area contributed by atoms with E-state index < -0.39 is 0 Å². The average molecular weight is 409 g/mol. The Kier molecular flexibility index (Phi) is 5.43. The van der Waals surface area contributed by atoms with Crippen LogP contribution in [0.5, 0.6) is 0 Å². The molecule has 0 fully saturated rings. The monoisotopic (exact) mass is 408 g/mol. The summed E-state index contributed by atoms with van der Waals surface area (Å²) in [4.78, 5) is 8.14. The minimum absolute atomic E-state index is 0.581. The van der Waals surface area contributed by atoms with Crippen LogP contribution < -0.4 is 0 Å². The summed E-state index contributed by atoms with van der Waals surface area (Å²) in [5, 5.41) is 1.21. The Hall–Kier alpha value is -2.29. The van der Waals surface area contributed by atoms with Gasteiger partial charge in [-0.25, -0.2) is 4.98 Å². The van der Waals surface area contributed by atoms with E-state index in [1.165, 1.54) is 11.1 Å². The van der Waals surface area contributed by atoms with Crippen LogP contribution in [0.4, 0.5) is 0 Å². The molecule has 0 saturated carbocycles. The van der Waals surface area contributed by atoms with Gasteiger partial charge in [-0.05, 0) is 35.1 Å². The van der Waals surface area contributed by atoms with Crippen molar-refractivity contribution in [2.24, 2.45) is 0 Å². The molecule has 4 aromatic rings. The molecule has 4 rings (SSSR count). The molecule has 1 N–H and O–H groups in total. The fourth-order valence-electron chi connectivity index (χ4n) is 3.48. The molecule has 3 aromatic carbocycles. The fraction of sp³-hybridized carbons (Fsp3) is 0.208. The van der Waals surface area contributed by atoms with Gasteiger partial charge in [-0.3, -0.25) is 0 Å². The molecule has 4 heteroatoms. The Morgan fingerprint density at radius 2 is 1.71 bits per heavy atom. The molecule has 1 unspecified atom stereocenters. The maximum atomic E-state index is 6.70. The molecule has 0 spiro atoms. The summed E-state index contributed by atoms with van der Waals surface area (Å²) in [5.41, 5.74) is 6.03. The van der Waals surface area contributed by atoms with Crippen LogP contribution in [0.3, 0.4) is 0 Å². The molecule has 1 aromatic heterocycles. The van der Waals surface area contributed by atoms with Crippen molar-refractivity contribution in [3.8, 4) is 11.1 Å². The molecule has 28 heavy (non-hydrogen) atoms. The molecule has 1 atom stereocenters. The van der Waals surface area contributed by atoms with Crippen molar-refractivity contribution in [2.75, 3.05) is 0 Å². The first-order valence-corrected chi connectivity index (χ1v) is 10.3. The molecule has 0 aliphatic rings. The molecule has 0 amide bonds. The number of benzene rings is 3. The number of halogens is 2. The number of aromatic amines is 1. The SMILES string of the molecule is CCC(C)c1ccc(Cc2nc3c(Cl)c(-c4ccccc4)c(Cl)cc3[nH]2)cc1. The van der Waals surface area contributed by atoms with Gasteiger partial charge < -0.3 is 4.98 Å². The van der Waals surface area contributed by atoms with Gasteiger partial charge in [-0.2, -0.15) is 0 Å². The summed E-state index contributed by atoms with van der Waals surface area (Å²) in [6.07, 6.45) is 1.87. The topological polar surface area (TPSA) is 28.7 Å². The number of hydrogen-bond acceptors (Lipinski definition) is 1. The predicted octanol–water partition coefficient (Wildman–Crippen LogP) is 7.64.